The Hall–Kier alpha value is -0.900. The second kappa shape index (κ2) is 7.04. The SMILES string of the molecule is CNC(CCN1CCCC1CO)c1cccc(C)c1. The molecule has 106 valence electrons. The predicted octanol–water partition coefficient (Wildman–Crippen LogP) is 2.10. The zero-order valence-electron chi connectivity index (χ0n) is 12.1. The molecule has 2 rings (SSSR count). The maximum absolute atomic E-state index is 9.35. The first-order valence-corrected chi connectivity index (χ1v) is 7.33. The number of aliphatic hydroxyl groups excluding tert-OH is 1. The first-order chi connectivity index (χ1) is 9.24. The molecule has 0 aromatic heterocycles. The van der Waals surface area contributed by atoms with Crippen LogP contribution in [0.2, 0.25) is 0 Å². The minimum atomic E-state index is 0.300. The van der Waals surface area contributed by atoms with Gasteiger partial charge in [0.25, 0.3) is 0 Å². The first kappa shape index (κ1) is 14.5. The summed E-state index contributed by atoms with van der Waals surface area (Å²) in [5, 5.41) is 12.8. The summed E-state index contributed by atoms with van der Waals surface area (Å²) in [6.07, 6.45) is 3.46. The average Bonchev–Trinajstić information content (AvgIpc) is 2.87. The van der Waals surface area contributed by atoms with Gasteiger partial charge in [-0.15, -0.1) is 0 Å². The highest BCUT2D eigenvalue weighted by Gasteiger charge is 2.24. The zero-order chi connectivity index (χ0) is 13.7. The van der Waals surface area contributed by atoms with E-state index < -0.39 is 0 Å². The van der Waals surface area contributed by atoms with E-state index in [-0.39, 0.29) is 0 Å². The largest absolute Gasteiger partial charge is 0.395 e. The normalized spacial score (nSPS) is 21.7. The lowest BCUT2D eigenvalue weighted by Crippen LogP contribution is -2.34. The van der Waals surface area contributed by atoms with Crippen molar-refractivity contribution >= 4 is 0 Å². The molecule has 2 atom stereocenters. The third kappa shape index (κ3) is 3.78. The molecule has 3 nitrogen and oxygen atoms in total. The van der Waals surface area contributed by atoms with Crippen molar-refractivity contribution in [2.24, 2.45) is 0 Å². The fourth-order valence-electron chi connectivity index (χ4n) is 3.06. The number of aryl methyl sites for hydroxylation is 1. The Morgan fingerprint density at radius 2 is 2.32 bits per heavy atom. The number of nitrogens with one attached hydrogen (secondary N) is 1. The van der Waals surface area contributed by atoms with Gasteiger partial charge >= 0.3 is 0 Å². The molecule has 0 aliphatic carbocycles. The number of benzene rings is 1. The second-order valence-corrected chi connectivity index (χ2v) is 5.56. The summed E-state index contributed by atoms with van der Waals surface area (Å²) >= 11 is 0. The number of hydrogen-bond acceptors (Lipinski definition) is 3. The highest BCUT2D eigenvalue weighted by Crippen LogP contribution is 2.22. The molecule has 0 bridgehead atoms. The molecule has 0 saturated carbocycles. The quantitative estimate of drug-likeness (QED) is 0.824. The summed E-state index contributed by atoms with van der Waals surface area (Å²) < 4.78 is 0. The van der Waals surface area contributed by atoms with Crippen LogP contribution in [0.1, 0.15) is 36.4 Å². The van der Waals surface area contributed by atoms with Crippen LogP contribution in [0.5, 0.6) is 0 Å². The smallest absolute Gasteiger partial charge is 0.0586 e. The number of hydrogen-bond donors (Lipinski definition) is 2. The molecule has 1 aromatic rings. The minimum Gasteiger partial charge on any atom is -0.395 e. The van der Waals surface area contributed by atoms with E-state index in [1.807, 2.05) is 7.05 Å². The molecular formula is C16H26N2O. The third-order valence-corrected chi connectivity index (χ3v) is 4.21. The molecular weight excluding hydrogens is 236 g/mol. The van der Waals surface area contributed by atoms with E-state index in [0.717, 1.165) is 25.9 Å². The molecule has 1 aliphatic heterocycles. The van der Waals surface area contributed by atoms with Crippen molar-refractivity contribution in [3.63, 3.8) is 0 Å². The number of likely N-dealkylation sites (tertiary alicyclic amines) is 1. The van der Waals surface area contributed by atoms with Crippen LogP contribution in [-0.4, -0.2) is 42.8 Å². The van der Waals surface area contributed by atoms with Gasteiger partial charge in [-0.3, -0.25) is 4.90 Å². The minimum absolute atomic E-state index is 0.300. The molecule has 0 amide bonds. The monoisotopic (exact) mass is 262 g/mol. The summed E-state index contributed by atoms with van der Waals surface area (Å²) in [6.45, 7) is 4.63. The van der Waals surface area contributed by atoms with Crippen LogP contribution in [0.3, 0.4) is 0 Å². The lowest BCUT2D eigenvalue weighted by molar-refractivity contribution is 0.154. The van der Waals surface area contributed by atoms with Gasteiger partial charge in [0.15, 0.2) is 0 Å². The molecule has 1 heterocycles. The van der Waals surface area contributed by atoms with E-state index >= 15 is 0 Å². The van der Waals surface area contributed by atoms with Gasteiger partial charge in [-0.2, -0.15) is 0 Å². The summed E-state index contributed by atoms with van der Waals surface area (Å²) in [4.78, 5) is 2.43. The first-order valence-electron chi connectivity index (χ1n) is 7.33. The van der Waals surface area contributed by atoms with Crippen LogP contribution < -0.4 is 5.32 Å². The van der Waals surface area contributed by atoms with E-state index in [2.05, 4.69) is 41.4 Å². The lowest BCUT2D eigenvalue weighted by atomic mass is 10.0. The van der Waals surface area contributed by atoms with Crippen molar-refractivity contribution in [2.45, 2.75) is 38.3 Å². The molecule has 1 aliphatic rings. The Balaban J connectivity index is 1.92. The van der Waals surface area contributed by atoms with Crippen LogP contribution in [0.4, 0.5) is 0 Å². The van der Waals surface area contributed by atoms with E-state index in [0.29, 0.717) is 18.7 Å². The van der Waals surface area contributed by atoms with Gasteiger partial charge < -0.3 is 10.4 Å². The molecule has 1 fully saturated rings. The standard InChI is InChI=1S/C16H26N2O/c1-13-5-3-6-14(11-13)16(17-2)8-10-18-9-4-7-15(18)12-19/h3,5-6,11,15-17,19H,4,7-10,12H2,1-2H3. The average molecular weight is 262 g/mol. The Morgan fingerprint density at radius 1 is 1.47 bits per heavy atom. The Kier molecular flexibility index (Phi) is 5.37. The van der Waals surface area contributed by atoms with Gasteiger partial charge in [0.05, 0.1) is 6.61 Å². The molecule has 0 radical (unpaired) electrons. The molecule has 2 N–H and O–H groups in total. The zero-order valence-corrected chi connectivity index (χ0v) is 12.1. The van der Waals surface area contributed by atoms with Gasteiger partial charge in [-0.05, 0) is 45.3 Å². The maximum Gasteiger partial charge on any atom is 0.0586 e. The van der Waals surface area contributed by atoms with Crippen molar-refractivity contribution in [1.29, 1.82) is 0 Å². The van der Waals surface area contributed by atoms with Gasteiger partial charge in [0.1, 0.15) is 0 Å². The highest BCUT2D eigenvalue weighted by molar-refractivity contribution is 5.25. The molecule has 1 saturated heterocycles. The molecule has 19 heavy (non-hydrogen) atoms. The second-order valence-electron chi connectivity index (χ2n) is 5.56. The number of nitrogens with zero attached hydrogens (tertiary/aromatic N) is 1. The van der Waals surface area contributed by atoms with E-state index in [9.17, 15) is 5.11 Å². The van der Waals surface area contributed by atoms with Crippen molar-refractivity contribution < 1.29 is 5.11 Å². The van der Waals surface area contributed by atoms with Crippen LogP contribution in [-0.2, 0) is 0 Å². The van der Waals surface area contributed by atoms with Crippen molar-refractivity contribution in [2.75, 3.05) is 26.7 Å². The van der Waals surface area contributed by atoms with Crippen LogP contribution >= 0.6 is 0 Å². The van der Waals surface area contributed by atoms with E-state index in [1.165, 1.54) is 17.5 Å². The van der Waals surface area contributed by atoms with Gasteiger partial charge in [0, 0.05) is 18.6 Å². The lowest BCUT2D eigenvalue weighted by Gasteiger charge is -2.25. The Morgan fingerprint density at radius 3 is 3.00 bits per heavy atom. The summed E-state index contributed by atoms with van der Waals surface area (Å²) in [6, 6.07) is 9.51. The van der Waals surface area contributed by atoms with Crippen molar-refractivity contribution in [3.8, 4) is 0 Å². The molecule has 1 aromatic carbocycles. The summed E-state index contributed by atoms with van der Waals surface area (Å²) in [5.41, 5.74) is 2.68. The van der Waals surface area contributed by atoms with E-state index in [4.69, 9.17) is 0 Å². The van der Waals surface area contributed by atoms with Crippen molar-refractivity contribution in [1.82, 2.24) is 10.2 Å². The third-order valence-electron chi connectivity index (χ3n) is 4.21. The van der Waals surface area contributed by atoms with Gasteiger partial charge in [0.2, 0.25) is 0 Å². The Bertz CT molecular complexity index is 394. The number of aliphatic hydroxyl groups is 1. The van der Waals surface area contributed by atoms with Gasteiger partial charge in [-0.25, -0.2) is 0 Å². The summed E-state index contributed by atoms with van der Waals surface area (Å²) in [5.74, 6) is 0. The predicted molar refractivity (Wildman–Crippen MR) is 79.3 cm³/mol. The summed E-state index contributed by atoms with van der Waals surface area (Å²) in [7, 11) is 2.03. The fourth-order valence-corrected chi connectivity index (χ4v) is 3.06. The molecule has 3 heteroatoms. The Labute approximate surface area is 116 Å². The maximum atomic E-state index is 9.35. The highest BCUT2D eigenvalue weighted by atomic mass is 16.3. The number of rotatable bonds is 6. The molecule has 2 unspecified atom stereocenters. The molecule has 0 spiro atoms. The van der Waals surface area contributed by atoms with Crippen LogP contribution in [0.15, 0.2) is 24.3 Å². The topological polar surface area (TPSA) is 35.5 Å². The van der Waals surface area contributed by atoms with E-state index in [1.54, 1.807) is 0 Å². The van der Waals surface area contributed by atoms with Crippen molar-refractivity contribution in [3.05, 3.63) is 35.4 Å². The van der Waals surface area contributed by atoms with Crippen LogP contribution in [0, 0.1) is 6.92 Å². The fraction of sp³-hybridized carbons (Fsp3) is 0.625. The van der Waals surface area contributed by atoms with Crippen LogP contribution in [0.25, 0.3) is 0 Å². The van der Waals surface area contributed by atoms with Gasteiger partial charge in [-0.1, -0.05) is 29.8 Å².